The van der Waals surface area contributed by atoms with Crippen LogP contribution in [0.1, 0.15) is 26.9 Å². The average Bonchev–Trinajstić information content (AvgIpc) is 3.62. The van der Waals surface area contributed by atoms with Gasteiger partial charge in [-0.15, -0.1) is 0 Å². The van der Waals surface area contributed by atoms with Crippen molar-refractivity contribution in [2.45, 2.75) is 30.6 Å². The Morgan fingerprint density at radius 2 is 1.49 bits per heavy atom. The lowest BCUT2D eigenvalue weighted by molar-refractivity contribution is -0.249. The molecule has 15 heteroatoms. The number of para-hydroxylation sites is 2. The maximum Gasteiger partial charge on any atom is 0.281 e. The van der Waals surface area contributed by atoms with Crippen LogP contribution >= 0.6 is 0 Å². The van der Waals surface area contributed by atoms with E-state index in [1.165, 1.54) is 34.9 Å². The van der Waals surface area contributed by atoms with E-state index in [9.17, 15) is 50.1 Å². The number of aromatic amines is 1. The van der Waals surface area contributed by atoms with Crippen LogP contribution in [-0.2, 0) is 9.53 Å². The topological polar surface area (TPSA) is 238 Å². The molecule has 222 valence electrons. The third-order valence-corrected chi connectivity index (χ3v) is 8.14. The zero-order chi connectivity index (χ0) is 30.5. The molecule has 3 amide bonds. The number of hydrogen-bond donors (Lipinski definition) is 9. The number of carbonyl (C=O) groups is 3. The van der Waals surface area contributed by atoms with Crippen LogP contribution in [0.15, 0.2) is 36.4 Å². The molecular weight excluding hydrogens is 568 g/mol. The lowest BCUT2D eigenvalue weighted by Crippen LogP contribution is -2.56. The number of phenolic OH excluding ortho intramolecular Hbond substituents is 2. The van der Waals surface area contributed by atoms with Crippen molar-refractivity contribution < 1.29 is 54.9 Å². The molecule has 5 atom stereocenters. The Morgan fingerprint density at radius 3 is 2.16 bits per heavy atom. The van der Waals surface area contributed by atoms with Crippen molar-refractivity contribution >= 4 is 61.3 Å². The van der Waals surface area contributed by atoms with Crippen LogP contribution < -0.4 is 5.43 Å². The van der Waals surface area contributed by atoms with Crippen molar-refractivity contribution in [2.24, 2.45) is 0 Å². The minimum atomic E-state index is -1.81. The number of hydrogen-bond acceptors (Lipinski definition) is 11. The smallest absolute Gasteiger partial charge is 0.281 e. The van der Waals surface area contributed by atoms with Crippen LogP contribution in [0, 0.1) is 0 Å². The second-order valence-electron chi connectivity index (χ2n) is 10.4. The summed E-state index contributed by atoms with van der Waals surface area (Å²) in [4.78, 5) is 42.8. The van der Waals surface area contributed by atoms with E-state index in [0.29, 0.717) is 10.4 Å². The Morgan fingerprint density at radius 1 is 0.837 bits per heavy atom. The van der Waals surface area contributed by atoms with Crippen LogP contribution in [0.5, 0.6) is 11.5 Å². The highest BCUT2D eigenvalue weighted by Gasteiger charge is 2.47. The number of rotatable bonds is 4. The summed E-state index contributed by atoms with van der Waals surface area (Å²) in [5, 5.41) is 74.4. The second kappa shape index (κ2) is 9.37. The number of aromatic hydroxyl groups is 2. The lowest BCUT2D eigenvalue weighted by Gasteiger charge is -2.41. The van der Waals surface area contributed by atoms with Crippen molar-refractivity contribution in [1.29, 1.82) is 0 Å². The van der Waals surface area contributed by atoms with E-state index >= 15 is 0 Å². The van der Waals surface area contributed by atoms with Gasteiger partial charge in [-0.05, 0) is 12.1 Å². The second-order valence-corrected chi connectivity index (χ2v) is 10.4. The zero-order valence-electron chi connectivity index (χ0n) is 21.9. The molecule has 0 spiro atoms. The Kier molecular flexibility index (Phi) is 5.90. The van der Waals surface area contributed by atoms with E-state index in [0.717, 1.165) is 0 Å². The van der Waals surface area contributed by atoms with Gasteiger partial charge in [-0.1, -0.05) is 24.3 Å². The molecule has 1 saturated heterocycles. The first kappa shape index (κ1) is 27.1. The van der Waals surface area contributed by atoms with Gasteiger partial charge in [0.2, 0.25) is 0 Å². The van der Waals surface area contributed by atoms with Gasteiger partial charge in [-0.2, -0.15) is 5.01 Å². The van der Waals surface area contributed by atoms with Crippen molar-refractivity contribution in [1.82, 2.24) is 20.0 Å². The number of hydrazine groups is 1. The molecule has 43 heavy (non-hydrogen) atoms. The fraction of sp³-hybridized carbons (Fsp3) is 0.250. The monoisotopic (exact) mass is 592 g/mol. The van der Waals surface area contributed by atoms with Crippen LogP contribution in [0.3, 0.4) is 0 Å². The predicted octanol–water partition coefficient (Wildman–Crippen LogP) is -0.568. The number of fused-ring (bicyclic) bond motifs is 10. The zero-order valence-corrected chi connectivity index (χ0v) is 21.9. The fourth-order valence-electron chi connectivity index (χ4n) is 6.29. The van der Waals surface area contributed by atoms with Gasteiger partial charge >= 0.3 is 0 Å². The number of benzene rings is 3. The number of ether oxygens (including phenoxy) is 1. The molecule has 0 bridgehead atoms. The summed E-state index contributed by atoms with van der Waals surface area (Å²) < 4.78 is 7.18. The van der Waals surface area contributed by atoms with E-state index in [4.69, 9.17) is 4.74 Å². The van der Waals surface area contributed by atoms with Gasteiger partial charge in [0.15, 0.2) is 6.23 Å². The first-order chi connectivity index (χ1) is 20.6. The van der Waals surface area contributed by atoms with E-state index in [1.54, 1.807) is 6.07 Å². The largest absolute Gasteiger partial charge is 0.506 e. The molecular formula is C28H24N4O11. The van der Waals surface area contributed by atoms with Crippen LogP contribution in [0.2, 0.25) is 0 Å². The summed E-state index contributed by atoms with van der Waals surface area (Å²) in [6.07, 6.45) is -8.17. The van der Waals surface area contributed by atoms with Crippen LogP contribution in [0.4, 0.5) is 0 Å². The first-order valence-corrected chi connectivity index (χ1v) is 13.1. The summed E-state index contributed by atoms with van der Waals surface area (Å²) in [6.45, 7) is -1.74. The standard InChI is InChI=1S/C28H24N4O11/c33-7-13-23(38)24(39)25(40)28(43-13)31-21-10(4-2-6-12(21)36)16-18-17(26(41)32(27(18)42)30-14(37)8-34)15-9-3-1-5-11(35)19(9)29-20(15)22(16)31/h1-6,13,23-25,28-29,33-36,38-40H,7-8H2,(H,30,37)/t13-,23-,24+,25-,28-/m1/s1. The van der Waals surface area contributed by atoms with E-state index in [1.807, 2.05) is 0 Å². The third-order valence-electron chi connectivity index (χ3n) is 8.14. The number of aliphatic hydroxyl groups excluding tert-OH is 5. The molecule has 0 saturated carbocycles. The summed E-state index contributed by atoms with van der Waals surface area (Å²) in [6, 6.07) is 8.86. The Bertz CT molecular complexity index is 2030. The first-order valence-electron chi connectivity index (χ1n) is 13.1. The number of nitrogens with one attached hydrogen (secondary N) is 2. The molecule has 5 aromatic rings. The van der Waals surface area contributed by atoms with Crippen LogP contribution in [0.25, 0.3) is 43.6 Å². The number of imide groups is 1. The number of aromatic nitrogens is 2. The average molecular weight is 593 g/mol. The molecule has 0 radical (unpaired) electrons. The highest BCUT2D eigenvalue weighted by Crippen LogP contribution is 2.49. The quantitative estimate of drug-likeness (QED) is 0.120. The third kappa shape index (κ3) is 3.48. The number of phenols is 2. The van der Waals surface area contributed by atoms with Gasteiger partial charge in [0, 0.05) is 21.5 Å². The lowest BCUT2D eigenvalue weighted by atomic mass is 9.96. The van der Waals surface area contributed by atoms with Crippen molar-refractivity contribution in [2.75, 3.05) is 13.2 Å². The van der Waals surface area contributed by atoms with E-state index < -0.39 is 61.6 Å². The van der Waals surface area contributed by atoms with Gasteiger partial charge < -0.3 is 50.0 Å². The Balaban J connectivity index is 1.69. The minimum Gasteiger partial charge on any atom is -0.506 e. The molecule has 7 rings (SSSR count). The Hall–Kier alpha value is -4.77. The number of amides is 3. The molecule has 3 aromatic carbocycles. The molecule has 15 nitrogen and oxygen atoms in total. The molecule has 1 fully saturated rings. The molecule has 4 heterocycles. The summed E-state index contributed by atoms with van der Waals surface area (Å²) in [5.41, 5.74) is 2.22. The SMILES string of the molecule is O=C(CO)NN1C(=O)c2c(c3c4cccc(O)c4n([C@@H]4O[C@H](CO)[C@@H](O)[C@H](O)[C@H]4O)c3c3[nH]c4c(O)cccc4c23)C1=O. The van der Waals surface area contributed by atoms with Crippen LogP contribution in [-0.4, -0.2) is 106 Å². The normalized spacial score (nSPS) is 24.1. The molecule has 2 aliphatic heterocycles. The summed E-state index contributed by atoms with van der Waals surface area (Å²) >= 11 is 0. The minimum absolute atomic E-state index is 0.0116. The number of aliphatic hydroxyl groups is 5. The predicted molar refractivity (Wildman–Crippen MR) is 147 cm³/mol. The van der Waals surface area contributed by atoms with Gasteiger partial charge in [0.05, 0.1) is 39.8 Å². The molecule has 2 aliphatic rings. The molecule has 9 N–H and O–H groups in total. The van der Waals surface area contributed by atoms with Crippen molar-refractivity contribution in [3.8, 4) is 11.5 Å². The van der Waals surface area contributed by atoms with Gasteiger partial charge in [0.1, 0.15) is 42.5 Å². The number of carbonyl (C=O) groups excluding carboxylic acids is 3. The molecule has 0 unspecified atom stereocenters. The van der Waals surface area contributed by atoms with Gasteiger partial charge in [-0.3, -0.25) is 19.8 Å². The van der Waals surface area contributed by atoms with E-state index in [-0.39, 0.29) is 60.9 Å². The van der Waals surface area contributed by atoms with E-state index in [2.05, 4.69) is 10.4 Å². The highest BCUT2D eigenvalue weighted by atomic mass is 16.6. The Labute approximate surface area is 239 Å². The van der Waals surface area contributed by atoms with Gasteiger partial charge in [0.25, 0.3) is 17.7 Å². The van der Waals surface area contributed by atoms with Crippen molar-refractivity contribution in [3.05, 3.63) is 47.5 Å². The van der Waals surface area contributed by atoms with Crippen molar-refractivity contribution in [3.63, 3.8) is 0 Å². The maximum atomic E-state index is 13.9. The molecule has 2 aromatic heterocycles. The maximum absolute atomic E-state index is 13.9. The summed E-state index contributed by atoms with van der Waals surface area (Å²) in [5.74, 6) is -3.45. The fourth-order valence-corrected chi connectivity index (χ4v) is 6.29. The van der Waals surface area contributed by atoms with Gasteiger partial charge in [-0.25, -0.2) is 0 Å². The summed E-state index contributed by atoms with van der Waals surface area (Å²) in [7, 11) is 0. The highest BCUT2D eigenvalue weighted by molar-refractivity contribution is 6.39. The number of H-pyrrole nitrogens is 1. The molecule has 0 aliphatic carbocycles. The number of nitrogens with zero attached hydrogens (tertiary/aromatic N) is 2.